The maximum Gasteiger partial charge on any atom is 0.310 e. The molecule has 9 heteroatoms. The second-order valence-corrected chi connectivity index (χ2v) is 5.52. The molecule has 0 bridgehead atoms. The van der Waals surface area contributed by atoms with Gasteiger partial charge in [-0.25, -0.2) is 8.78 Å². The van der Waals surface area contributed by atoms with Crippen LogP contribution in [-0.4, -0.2) is 39.8 Å². The van der Waals surface area contributed by atoms with Crippen LogP contribution in [0.4, 0.5) is 14.5 Å². The number of amides is 1. The number of hydrogen-bond donors (Lipinski definition) is 1. The summed E-state index contributed by atoms with van der Waals surface area (Å²) in [6.45, 7) is -0.697. The van der Waals surface area contributed by atoms with E-state index in [0.717, 1.165) is 18.2 Å². The molecule has 0 atom stereocenters. The first-order valence-corrected chi connectivity index (χ1v) is 8.08. The number of para-hydroxylation sites is 1. The van der Waals surface area contributed by atoms with Crippen LogP contribution in [0.5, 0.6) is 17.2 Å². The molecular formula is C19H19F2NO6. The predicted molar refractivity (Wildman–Crippen MR) is 95.7 cm³/mol. The average molecular weight is 395 g/mol. The summed E-state index contributed by atoms with van der Waals surface area (Å²) in [7, 11) is 4.32. The van der Waals surface area contributed by atoms with Gasteiger partial charge in [-0.3, -0.25) is 9.59 Å². The lowest BCUT2D eigenvalue weighted by molar-refractivity contribution is -0.146. The molecule has 2 aromatic carbocycles. The van der Waals surface area contributed by atoms with Crippen LogP contribution in [0.25, 0.3) is 0 Å². The largest absolute Gasteiger partial charge is 0.493 e. The molecule has 0 heterocycles. The van der Waals surface area contributed by atoms with E-state index in [0.29, 0.717) is 22.8 Å². The molecule has 7 nitrogen and oxygen atoms in total. The van der Waals surface area contributed by atoms with Gasteiger partial charge in [0.05, 0.1) is 27.8 Å². The molecule has 0 aliphatic carbocycles. The standard InChI is InChI=1S/C19H19F2NO6/c1-25-14-7-11(8-15(26-2)19(14)27-3)9-17(24)28-10-16(23)22-18-12(20)5-4-6-13(18)21/h4-8H,9-10H2,1-3H3,(H,22,23). The van der Waals surface area contributed by atoms with Crippen LogP contribution in [0.1, 0.15) is 5.56 Å². The zero-order valence-corrected chi connectivity index (χ0v) is 15.5. The number of benzene rings is 2. The van der Waals surface area contributed by atoms with Crippen molar-refractivity contribution in [2.45, 2.75) is 6.42 Å². The van der Waals surface area contributed by atoms with Gasteiger partial charge < -0.3 is 24.3 Å². The number of nitrogens with one attached hydrogen (secondary N) is 1. The number of carbonyl (C=O) groups excluding carboxylic acids is 2. The zero-order chi connectivity index (χ0) is 20.7. The van der Waals surface area contributed by atoms with Gasteiger partial charge in [0.2, 0.25) is 5.75 Å². The molecule has 0 radical (unpaired) electrons. The number of hydrogen-bond acceptors (Lipinski definition) is 6. The third kappa shape index (κ3) is 5.09. The first kappa shape index (κ1) is 20.9. The first-order chi connectivity index (χ1) is 13.4. The van der Waals surface area contributed by atoms with Crippen molar-refractivity contribution in [2.75, 3.05) is 33.3 Å². The Morgan fingerprint density at radius 3 is 2.04 bits per heavy atom. The van der Waals surface area contributed by atoms with Crippen LogP contribution in [0.3, 0.4) is 0 Å². The minimum atomic E-state index is -0.933. The Hall–Kier alpha value is -3.36. The highest BCUT2D eigenvalue weighted by Crippen LogP contribution is 2.38. The number of anilines is 1. The summed E-state index contributed by atoms with van der Waals surface area (Å²) >= 11 is 0. The zero-order valence-electron chi connectivity index (χ0n) is 15.5. The fourth-order valence-electron chi connectivity index (χ4n) is 2.39. The van der Waals surface area contributed by atoms with Crippen molar-refractivity contribution in [3.63, 3.8) is 0 Å². The van der Waals surface area contributed by atoms with Gasteiger partial charge in [-0.1, -0.05) is 6.07 Å². The SMILES string of the molecule is COc1cc(CC(=O)OCC(=O)Nc2c(F)cccc2F)cc(OC)c1OC. The molecule has 0 spiro atoms. The van der Waals surface area contributed by atoms with Crippen molar-refractivity contribution >= 4 is 17.6 Å². The lowest BCUT2D eigenvalue weighted by Crippen LogP contribution is -2.22. The third-order valence-corrected chi connectivity index (χ3v) is 3.66. The van der Waals surface area contributed by atoms with Crippen LogP contribution in [0, 0.1) is 11.6 Å². The monoisotopic (exact) mass is 395 g/mol. The number of halogens is 2. The van der Waals surface area contributed by atoms with Gasteiger partial charge in [0, 0.05) is 0 Å². The summed E-state index contributed by atoms with van der Waals surface area (Å²) < 4.78 is 47.4. The minimum Gasteiger partial charge on any atom is -0.493 e. The van der Waals surface area contributed by atoms with Gasteiger partial charge in [0.15, 0.2) is 18.1 Å². The highest BCUT2D eigenvalue weighted by molar-refractivity contribution is 5.93. The van der Waals surface area contributed by atoms with Crippen molar-refractivity contribution in [3.05, 3.63) is 47.5 Å². The topological polar surface area (TPSA) is 83.1 Å². The number of ether oxygens (including phenoxy) is 4. The Bertz CT molecular complexity index is 826. The lowest BCUT2D eigenvalue weighted by atomic mass is 10.1. The van der Waals surface area contributed by atoms with Gasteiger partial charge in [0.1, 0.15) is 17.3 Å². The Labute approximate surface area is 160 Å². The number of carbonyl (C=O) groups is 2. The van der Waals surface area contributed by atoms with E-state index in [1.807, 2.05) is 5.32 Å². The number of methoxy groups -OCH3 is 3. The summed E-state index contributed by atoms with van der Waals surface area (Å²) in [5.41, 5.74) is -0.103. The maximum atomic E-state index is 13.5. The summed E-state index contributed by atoms with van der Waals surface area (Å²) in [6, 6.07) is 6.29. The maximum absolute atomic E-state index is 13.5. The quantitative estimate of drug-likeness (QED) is 0.692. The summed E-state index contributed by atoms with van der Waals surface area (Å²) in [5, 5.41) is 2.03. The molecule has 1 N–H and O–H groups in total. The fraction of sp³-hybridized carbons (Fsp3) is 0.263. The summed E-state index contributed by atoms with van der Waals surface area (Å²) in [4.78, 5) is 23.8. The Balaban J connectivity index is 1.98. The molecule has 28 heavy (non-hydrogen) atoms. The Morgan fingerprint density at radius 1 is 0.964 bits per heavy atom. The Morgan fingerprint density at radius 2 is 1.54 bits per heavy atom. The highest BCUT2D eigenvalue weighted by atomic mass is 19.1. The normalized spacial score (nSPS) is 10.2. The molecule has 0 saturated carbocycles. The van der Waals surface area contributed by atoms with Crippen molar-refractivity contribution in [3.8, 4) is 17.2 Å². The Kier molecular flexibility index (Phi) is 7.14. The number of esters is 1. The lowest BCUT2D eigenvalue weighted by Gasteiger charge is -2.14. The van der Waals surface area contributed by atoms with E-state index < -0.39 is 35.8 Å². The third-order valence-electron chi connectivity index (χ3n) is 3.66. The van der Waals surface area contributed by atoms with Crippen LogP contribution >= 0.6 is 0 Å². The van der Waals surface area contributed by atoms with Gasteiger partial charge in [-0.2, -0.15) is 0 Å². The van der Waals surface area contributed by atoms with E-state index in [-0.39, 0.29) is 6.42 Å². The van der Waals surface area contributed by atoms with Crippen LogP contribution in [0.15, 0.2) is 30.3 Å². The molecule has 2 rings (SSSR count). The van der Waals surface area contributed by atoms with Crippen LogP contribution < -0.4 is 19.5 Å². The van der Waals surface area contributed by atoms with Gasteiger partial charge >= 0.3 is 5.97 Å². The molecule has 0 fully saturated rings. The van der Waals surface area contributed by atoms with Crippen molar-refractivity contribution in [1.82, 2.24) is 0 Å². The van der Waals surface area contributed by atoms with Crippen molar-refractivity contribution in [1.29, 1.82) is 0 Å². The van der Waals surface area contributed by atoms with E-state index in [2.05, 4.69) is 0 Å². The first-order valence-electron chi connectivity index (χ1n) is 8.08. The van der Waals surface area contributed by atoms with E-state index in [1.54, 1.807) is 12.1 Å². The number of rotatable bonds is 8. The van der Waals surface area contributed by atoms with E-state index in [1.165, 1.54) is 21.3 Å². The van der Waals surface area contributed by atoms with Crippen molar-refractivity contribution in [2.24, 2.45) is 0 Å². The second-order valence-electron chi connectivity index (χ2n) is 5.52. The molecule has 0 aliphatic rings. The molecular weight excluding hydrogens is 376 g/mol. The second kappa shape index (κ2) is 9.54. The molecule has 2 aromatic rings. The fourth-order valence-corrected chi connectivity index (χ4v) is 2.39. The van der Waals surface area contributed by atoms with E-state index >= 15 is 0 Å². The molecule has 0 aromatic heterocycles. The van der Waals surface area contributed by atoms with Gasteiger partial charge in [-0.05, 0) is 29.8 Å². The predicted octanol–water partition coefficient (Wildman–Crippen LogP) is 2.72. The van der Waals surface area contributed by atoms with E-state index in [4.69, 9.17) is 18.9 Å². The smallest absolute Gasteiger partial charge is 0.310 e. The van der Waals surface area contributed by atoms with Gasteiger partial charge in [-0.15, -0.1) is 0 Å². The summed E-state index contributed by atoms with van der Waals surface area (Å²) in [5.74, 6) is -2.38. The summed E-state index contributed by atoms with van der Waals surface area (Å²) in [6.07, 6.45) is -0.182. The minimum absolute atomic E-state index is 0.182. The molecule has 0 unspecified atom stereocenters. The molecule has 150 valence electrons. The van der Waals surface area contributed by atoms with Crippen molar-refractivity contribution < 1.29 is 37.3 Å². The van der Waals surface area contributed by atoms with Crippen LogP contribution in [0.2, 0.25) is 0 Å². The molecule has 0 aliphatic heterocycles. The van der Waals surface area contributed by atoms with Gasteiger partial charge in [0.25, 0.3) is 5.91 Å². The average Bonchev–Trinajstić information content (AvgIpc) is 2.68. The molecule has 1 amide bonds. The highest BCUT2D eigenvalue weighted by Gasteiger charge is 2.17. The van der Waals surface area contributed by atoms with Crippen LogP contribution in [-0.2, 0) is 20.7 Å². The molecule has 0 saturated heterocycles. The van der Waals surface area contributed by atoms with E-state index in [9.17, 15) is 18.4 Å².